The number of nitrogens with zero attached hydrogens (tertiary/aromatic N) is 1. The van der Waals surface area contributed by atoms with Gasteiger partial charge in [-0.05, 0) is 58.2 Å². The van der Waals surface area contributed by atoms with Gasteiger partial charge < -0.3 is 15.0 Å². The summed E-state index contributed by atoms with van der Waals surface area (Å²) in [4.78, 5) is 14.1. The van der Waals surface area contributed by atoms with Gasteiger partial charge in [0.05, 0.1) is 6.04 Å². The second-order valence-electron chi connectivity index (χ2n) is 7.25. The van der Waals surface area contributed by atoms with Crippen LogP contribution in [0, 0.1) is 20.8 Å². The highest BCUT2D eigenvalue weighted by Crippen LogP contribution is 2.26. The summed E-state index contributed by atoms with van der Waals surface area (Å²) in [5.41, 5.74) is 4.69. The van der Waals surface area contributed by atoms with Gasteiger partial charge in [0.25, 0.3) is 0 Å². The van der Waals surface area contributed by atoms with Gasteiger partial charge in [0.2, 0.25) is 0 Å². The molecule has 1 aromatic carbocycles. The molecule has 0 aromatic heterocycles. The van der Waals surface area contributed by atoms with E-state index in [1.165, 1.54) is 22.3 Å². The third-order valence-corrected chi connectivity index (χ3v) is 3.91. The molecule has 4 nitrogen and oxygen atoms in total. The summed E-state index contributed by atoms with van der Waals surface area (Å²) < 4.78 is 5.50. The first-order chi connectivity index (χ1) is 10.2. The van der Waals surface area contributed by atoms with E-state index >= 15 is 0 Å². The molecule has 1 aromatic rings. The van der Waals surface area contributed by atoms with Gasteiger partial charge >= 0.3 is 6.09 Å². The molecule has 1 amide bonds. The minimum Gasteiger partial charge on any atom is -0.444 e. The van der Waals surface area contributed by atoms with Gasteiger partial charge in [-0.3, -0.25) is 0 Å². The van der Waals surface area contributed by atoms with Crippen LogP contribution in [-0.2, 0) is 4.74 Å². The maximum absolute atomic E-state index is 12.3. The monoisotopic (exact) mass is 304 g/mol. The number of benzene rings is 1. The van der Waals surface area contributed by atoms with Crippen molar-refractivity contribution in [2.24, 2.45) is 0 Å². The average molecular weight is 304 g/mol. The lowest BCUT2D eigenvalue weighted by atomic mass is 9.93. The molecule has 1 heterocycles. The number of carbonyl (C=O) groups excluding carboxylic acids is 1. The highest BCUT2D eigenvalue weighted by molar-refractivity contribution is 5.68. The number of amides is 1. The average Bonchev–Trinajstić information content (AvgIpc) is 2.35. The lowest BCUT2D eigenvalue weighted by molar-refractivity contribution is 0.0194. The molecule has 122 valence electrons. The van der Waals surface area contributed by atoms with Crippen molar-refractivity contribution in [2.75, 3.05) is 19.6 Å². The van der Waals surface area contributed by atoms with Crippen LogP contribution >= 0.6 is 0 Å². The van der Waals surface area contributed by atoms with Gasteiger partial charge in [0, 0.05) is 19.6 Å². The van der Waals surface area contributed by atoms with Crippen molar-refractivity contribution in [3.63, 3.8) is 0 Å². The zero-order chi connectivity index (χ0) is 16.5. The van der Waals surface area contributed by atoms with Crippen molar-refractivity contribution in [1.29, 1.82) is 0 Å². The van der Waals surface area contributed by atoms with Crippen molar-refractivity contribution < 1.29 is 9.53 Å². The fourth-order valence-corrected chi connectivity index (χ4v) is 3.18. The summed E-state index contributed by atoms with van der Waals surface area (Å²) >= 11 is 0. The highest BCUT2D eigenvalue weighted by Gasteiger charge is 2.29. The molecule has 0 spiro atoms. The van der Waals surface area contributed by atoms with E-state index in [1.807, 2.05) is 25.7 Å². The first-order valence-corrected chi connectivity index (χ1v) is 7.96. The fourth-order valence-electron chi connectivity index (χ4n) is 3.18. The molecule has 0 aliphatic carbocycles. The molecule has 0 bridgehead atoms. The summed E-state index contributed by atoms with van der Waals surface area (Å²) in [5, 5.41) is 3.53. The normalized spacial score (nSPS) is 19.2. The molecule has 1 unspecified atom stereocenters. The Balaban J connectivity index is 2.16. The summed E-state index contributed by atoms with van der Waals surface area (Å²) in [6.07, 6.45) is -0.221. The van der Waals surface area contributed by atoms with Crippen LogP contribution < -0.4 is 5.32 Å². The molecule has 0 saturated carbocycles. The molecular weight excluding hydrogens is 276 g/mol. The Morgan fingerprint density at radius 2 is 1.82 bits per heavy atom. The molecule has 1 N–H and O–H groups in total. The maximum atomic E-state index is 12.3. The Morgan fingerprint density at radius 1 is 1.23 bits per heavy atom. The van der Waals surface area contributed by atoms with E-state index in [4.69, 9.17) is 4.74 Å². The van der Waals surface area contributed by atoms with E-state index in [1.54, 1.807) is 0 Å². The van der Waals surface area contributed by atoms with E-state index in [2.05, 4.69) is 38.2 Å². The predicted molar refractivity (Wildman–Crippen MR) is 89.2 cm³/mol. The van der Waals surface area contributed by atoms with Crippen LogP contribution in [0.2, 0.25) is 0 Å². The number of hydrogen-bond acceptors (Lipinski definition) is 3. The molecule has 22 heavy (non-hydrogen) atoms. The molecule has 0 radical (unpaired) electrons. The number of hydrogen-bond donors (Lipinski definition) is 1. The van der Waals surface area contributed by atoms with Crippen molar-refractivity contribution >= 4 is 6.09 Å². The molecule has 4 heteroatoms. The largest absolute Gasteiger partial charge is 0.444 e. The molecule has 1 saturated heterocycles. The van der Waals surface area contributed by atoms with E-state index in [0.717, 1.165) is 6.54 Å². The van der Waals surface area contributed by atoms with Gasteiger partial charge in [0.1, 0.15) is 5.60 Å². The van der Waals surface area contributed by atoms with Gasteiger partial charge in [0.15, 0.2) is 0 Å². The van der Waals surface area contributed by atoms with Crippen molar-refractivity contribution in [2.45, 2.75) is 53.2 Å². The Morgan fingerprint density at radius 3 is 2.36 bits per heavy atom. The van der Waals surface area contributed by atoms with E-state index in [-0.39, 0.29) is 12.1 Å². The first-order valence-electron chi connectivity index (χ1n) is 7.96. The van der Waals surface area contributed by atoms with Crippen LogP contribution in [0.1, 0.15) is 49.1 Å². The summed E-state index contributed by atoms with van der Waals surface area (Å²) in [7, 11) is 0. The van der Waals surface area contributed by atoms with Gasteiger partial charge in [-0.2, -0.15) is 0 Å². The zero-order valence-corrected chi connectivity index (χ0v) is 14.6. The third-order valence-electron chi connectivity index (χ3n) is 3.91. The van der Waals surface area contributed by atoms with Crippen LogP contribution in [-0.4, -0.2) is 36.2 Å². The second-order valence-corrected chi connectivity index (χ2v) is 7.25. The molecule has 1 aliphatic heterocycles. The van der Waals surface area contributed by atoms with Crippen molar-refractivity contribution in [3.8, 4) is 0 Å². The molecule has 2 rings (SSSR count). The van der Waals surface area contributed by atoms with E-state index in [0.29, 0.717) is 13.1 Å². The van der Waals surface area contributed by atoms with Gasteiger partial charge in [-0.25, -0.2) is 4.79 Å². The van der Waals surface area contributed by atoms with Crippen molar-refractivity contribution in [3.05, 3.63) is 34.4 Å². The Labute approximate surface area is 133 Å². The van der Waals surface area contributed by atoms with Crippen LogP contribution in [0.5, 0.6) is 0 Å². The second kappa shape index (κ2) is 6.29. The zero-order valence-electron chi connectivity index (χ0n) is 14.6. The smallest absolute Gasteiger partial charge is 0.410 e. The predicted octanol–water partition coefficient (Wildman–Crippen LogP) is 3.49. The number of carbonyl (C=O) groups is 1. The van der Waals surface area contributed by atoms with Crippen LogP contribution in [0.4, 0.5) is 4.79 Å². The number of nitrogens with one attached hydrogen (secondary N) is 1. The van der Waals surface area contributed by atoms with E-state index < -0.39 is 5.60 Å². The Hall–Kier alpha value is -1.55. The number of aryl methyl sites for hydroxylation is 3. The third kappa shape index (κ3) is 4.01. The minimum atomic E-state index is -0.451. The number of ether oxygens (including phenoxy) is 1. The topological polar surface area (TPSA) is 41.6 Å². The quantitative estimate of drug-likeness (QED) is 0.863. The summed E-state index contributed by atoms with van der Waals surface area (Å²) in [6.45, 7) is 14.2. The number of rotatable bonds is 1. The van der Waals surface area contributed by atoms with Crippen LogP contribution in [0.3, 0.4) is 0 Å². The summed E-state index contributed by atoms with van der Waals surface area (Å²) in [5.74, 6) is 0. The molecular formula is C18H28N2O2. The number of piperazine rings is 1. The lowest BCUT2D eigenvalue weighted by Gasteiger charge is -2.36. The van der Waals surface area contributed by atoms with Gasteiger partial charge in [-0.1, -0.05) is 17.7 Å². The van der Waals surface area contributed by atoms with E-state index in [9.17, 15) is 4.79 Å². The Kier molecular flexibility index (Phi) is 4.81. The molecule has 1 fully saturated rings. The molecule has 1 atom stereocenters. The standard InChI is InChI=1S/C18H28N2O2/c1-12-9-13(2)16(14(3)10-12)15-11-20(8-7-19-15)17(21)22-18(4,5)6/h9-10,15,19H,7-8,11H2,1-6H3. The van der Waals surface area contributed by atoms with Gasteiger partial charge in [-0.15, -0.1) is 0 Å². The van der Waals surface area contributed by atoms with Crippen molar-refractivity contribution in [1.82, 2.24) is 10.2 Å². The highest BCUT2D eigenvalue weighted by atomic mass is 16.6. The van der Waals surface area contributed by atoms with Crippen LogP contribution in [0.15, 0.2) is 12.1 Å². The maximum Gasteiger partial charge on any atom is 0.410 e. The fraction of sp³-hybridized carbons (Fsp3) is 0.611. The summed E-state index contributed by atoms with van der Waals surface area (Å²) in [6, 6.07) is 4.58. The SMILES string of the molecule is Cc1cc(C)c(C2CN(C(=O)OC(C)(C)C)CCN2)c(C)c1. The van der Waals surface area contributed by atoms with Crippen LogP contribution in [0.25, 0.3) is 0 Å². The minimum absolute atomic E-state index is 0.168. The Bertz CT molecular complexity index is 538. The lowest BCUT2D eigenvalue weighted by Crippen LogP contribution is -2.50. The molecule has 1 aliphatic rings. The first kappa shape index (κ1) is 16.8.